The zero-order valence-corrected chi connectivity index (χ0v) is 18.8. The maximum absolute atomic E-state index is 13.3. The number of carbonyl (C=O) groups is 2. The Labute approximate surface area is 180 Å². The normalized spacial score (nSPS) is 13.9. The standard InChI is InChI=1S/C25H35N3O2/c1-5-15-27(24(30)25(2,3)4)19-23(29)28(21-13-14-21)18-22-12-9-16-26(22)17-20-10-7-6-8-11-20/h6-12,16,21H,5,13-15,17-19H2,1-4H3. The zero-order valence-electron chi connectivity index (χ0n) is 18.8. The van der Waals surface area contributed by atoms with E-state index in [0.717, 1.165) is 31.5 Å². The van der Waals surface area contributed by atoms with Crippen LogP contribution in [0, 0.1) is 5.41 Å². The predicted octanol–water partition coefficient (Wildman–Crippen LogP) is 4.31. The van der Waals surface area contributed by atoms with Gasteiger partial charge in [-0.1, -0.05) is 58.0 Å². The number of carbonyl (C=O) groups excluding carboxylic acids is 2. The van der Waals surface area contributed by atoms with Crippen molar-refractivity contribution in [2.75, 3.05) is 13.1 Å². The van der Waals surface area contributed by atoms with Crippen LogP contribution in [0.1, 0.15) is 58.2 Å². The van der Waals surface area contributed by atoms with Gasteiger partial charge in [0.05, 0.1) is 13.1 Å². The first kappa shape index (κ1) is 22.1. The second kappa shape index (κ2) is 9.50. The van der Waals surface area contributed by atoms with E-state index in [9.17, 15) is 9.59 Å². The molecule has 1 fully saturated rings. The van der Waals surface area contributed by atoms with Gasteiger partial charge in [0.2, 0.25) is 11.8 Å². The number of hydrogen-bond acceptors (Lipinski definition) is 2. The molecular weight excluding hydrogens is 374 g/mol. The highest BCUT2D eigenvalue weighted by Gasteiger charge is 2.35. The third-order valence-corrected chi connectivity index (χ3v) is 5.51. The van der Waals surface area contributed by atoms with Gasteiger partial charge in [-0.15, -0.1) is 0 Å². The van der Waals surface area contributed by atoms with Crippen molar-refractivity contribution in [1.29, 1.82) is 0 Å². The molecule has 1 aliphatic carbocycles. The minimum atomic E-state index is -0.482. The van der Waals surface area contributed by atoms with E-state index < -0.39 is 5.41 Å². The van der Waals surface area contributed by atoms with Crippen molar-refractivity contribution in [2.24, 2.45) is 5.41 Å². The zero-order chi connectivity index (χ0) is 21.7. The summed E-state index contributed by atoms with van der Waals surface area (Å²) in [6.45, 7) is 9.95. The Morgan fingerprint density at radius 3 is 2.37 bits per heavy atom. The molecule has 1 aliphatic rings. The molecule has 0 aliphatic heterocycles. The third-order valence-electron chi connectivity index (χ3n) is 5.51. The summed E-state index contributed by atoms with van der Waals surface area (Å²) in [5.41, 5.74) is 1.89. The molecule has 0 N–H and O–H groups in total. The molecule has 30 heavy (non-hydrogen) atoms. The van der Waals surface area contributed by atoms with Crippen molar-refractivity contribution < 1.29 is 9.59 Å². The fourth-order valence-corrected chi connectivity index (χ4v) is 3.76. The molecule has 5 nitrogen and oxygen atoms in total. The summed E-state index contributed by atoms with van der Waals surface area (Å²) in [5.74, 6) is 0.0944. The van der Waals surface area contributed by atoms with Crippen LogP contribution in [-0.2, 0) is 22.7 Å². The Balaban J connectivity index is 1.71. The molecule has 5 heteroatoms. The first-order chi connectivity index (χ1) is 14.3. The highest BCUT2D eigenvalue weighted by molar-refractivity contribution is 5.87. The van der Waals surface area contributed by atoms with E-state index in [1.165, 1.54) is 5.56 Å². The maximum atomic E-state index is 13.3. The highest BCUT2D eigenvalue weighted by Crippen LogP contribution is 2.29. The summed E-state index contributed by atoms with van der Waals surface area (Å²) in [5, 5.41) is 0. The Bertz CT molecular complexity index is 847. The number of hydrogen-bond donors (Lipinski definition) is 0. The van der Waals surface area contributed by atoms with Crippen LogP contribution in [0.5, 0.6) is 0 Å². The third kappa shape index (κ3) is 5.74. The number of nitrogens with zero attached hydrogens (tertiary/aromatic N) is 3. The van der Waals surface area contributed by atoms with Crippen molar-refractivity contribution in [3.8, 4) is 0 Å². The molecule has 1 aromatic heterocycles. The summed E-state index contributed by atoms with van der Waals surface area (Å²) in [4.78, 5) is 29.8. The second-order valence-corrected chi connectivity index (χ2v) is 9.34. The number of benzene rings is 1. The van der Waals surface area contributed by atoms with E-state index in [0.29, 0.717) is 19.1 Å². The van der Waals surface area contributed by atoms with E-state index >= 15 is 0 Å². The number of rotatable bonds is 9. The lowest BCUT2D eigenvalue weighted by Gasteiger charge is -2.31. The molecular formula is C25H35N3O2. The van der Waals surface area contributed by atoms with E-state index in [-0.39, 0.29) is 18.4 Å². The Hall–Kier alpha value is -2.56. The van der Waals surface area contributed by atoms with Crippen molar-refractivity contribution in [1.82, 2.24) is 14.4 Å². The van der Waals surface area contributed by atoms with Crippen molar-refractivity contribution in [2.45, 2.75) is 66.1 Å². The first-order valence-electron chi connectivity index (χ1n) is 11.1. The molecule has 0 atom stereocenters. The van der Waals surface area contributed by atoms with Crippen LogP contribution in [-0.4, -0.2) is 45.3 Å². The second-order valence-electron chi connectivity index (χ2n) is 9.34. The molecule has 1 heterocycles. The topological polar surface area (TPSA) is 45.6 Å². The van der Waals surface area contributed by atoms with Crippen LogP contribution >= 0.6 is 0 Å². The Kier molecular flexibility index (Phi) is 7.01. The summed E-state index contributed by atoms with van der Waals surface area (Å²) >= 11 is 0. The molecule has 162 valence electrons. The number of aromatic nitrogens is 1. The van der Waals surface area contributed by atoms with Gasteiger partial charge in [0, 0.05) is 36.4 Å². The molecule has 2 amide bonds. The molecule has 2 aromatic rings. The average molecular weight is 410 g/mol. The SMILES string of the molecule is CCCN(CC(=O)N(Cc1cccn1Cc1ccccc1)C1CC1)C(=O)C(C)(C)C. The molecule has 0 bridgehead atoms. The average Bonchev–Trinajstić information content (AvgIpc) is 3.45. The van der Waals surface area contributed by atoms with E-state index in [1.807, 2.05) is 56.9 Å². The lowest BCUT2D eigenvalue weighted by molar-refractivity contribution is -0.146. The van der Waals surface area contributed by atoms with Crippen LogP contribution < -0.4 is 0 Å². The summed E-state index contributed by atoms with van der Waals surface area (Å²) in [7, 11) is 0. The summed E-state index contributed by atoms with van der Waals surface area (Å²) in [6, 6.07) is 14.8. The minimum Gasteiger partial charge on any atom is -0.345 e. The van der Waals surface area contributed by atoms with Crippen LogP contribution in [0.15, 0.2) is 48.7 Å². The first-order valence-corrected chi connectivity index (χ1v) is 11.1. The minimum absolute atomic E-state index is 0.0425. The fraction of sp³-hybridized carbons (Fsp3) is 0.520. The lowest BCUT2D eigenvalue weighted by atomic mass is 9.94. The summed E-state index contributed by atoms with van der Waals surface area (Å²) in [6.07, 6.45) is 5.01. The van der Waals surface area contributed by atoms with Gasteiger partial charge in [-0.3, -0.25) is 9.59 Å². The molecule has 0 unspecified atom stereocenters. The smallest absolute Gasteiger partial charge is 0.242 e. The van der Waals surface area contributed by atoms with Crippen LogP contribution in [0.4, 0.5) is 0 Å². The lowest BCUT2D eigenvalue weighted by Crippen LogP contribution is -2.47. The van der Waals surface area contributed by atoms with Gasteiger partial charge in [-0.05, 0) is 37.0 Å². The van der Waals surface area contributed by atoms with Gasteiger partial charge in [0.15, 0.2) is 0 Å². The van der Waals surface area contributed by atoms with Crippen LogP contribution in [0.2, 0.25) is 0 Å². The molecule has 0 radical (unpaired) electrons. The van der Waals surface area contributed by atoms with Crippen LogP contribution in [0.25, 0.3) is 0 Å². The highest BCUT2D eigenvalue weighted by atomic mass is 16.2. The quantitative estimate of drug-likeness (QED) is 0.619. The van der Waals surface area contributed by atoms with E-state index in [1.54, 1.807) is 4.90 Å². The van der Waals surface area contributed by atoms with E-state index in [2.05, 4.69) is 29.0 Å². The van der Waals surface area contributed by atoms with Gasteiger partial charge < -0.3 is 14.4 Å². The van der Waals surface area contributed by atoms with Crippen molar-refractivity contribution in [3.63, 3.8) is 0 Å². The maximum Gasteiger partial charge on any atom is 0.242 e. The van der Waals surface area contributed by atoms with Crippen molar-refractivity contribution >= 4 is 11.8 Å². The Morgan fingerprint density at radius 2 is 1.77 bits per heavy atom. The predicted molar refractivity (Wildman–Crippen MR) is 120 cm³/mol. The largest absolute Gasteiger partial charge is 0.345 e. The van der Waals surface area contributed by atoms with E-state index in [4.69, 9.17) is 0 Å². The number of amides is 2. The fourth-order valence-electron chi connectivity index (χ4n) is 3.76. The van der Waals surface area contributed by atoms with Crippen LogP contribution in [0.3, 0.4) is 0 Å². The molecule has 0 saturated heterocycles. The van der Waals surface area contributed by atoms with Gasteiger partial charge in [-0.25, -0.2) is 0 Å². The monoisotopic (exact) mass is 409 g/mol. The van der Waals surface area contributed by atoms with Gasteiger partial charge >= 0.3 is 0 Å². The Morgan fingerprint density at radius 1 is 1.07 bits per heavy atom. The molecule has 0 spiro atoms. The molecule has 3 rings (SSSR count). The van der Waals surface area contributed by atoms with Gasteiger partial charge in [0.25, 0.3) is 0 Å². The van der Waals surface area contributed by atoms with Gasteiger partial charge in [0.1, 0.15) is 0 Å². The summed E-state index contributed by atoms with van der Waals surface area (Å²) < 4.78 is 2.21. The molecule has 1 saturated carbocycles. The van der Waals surface area contributed by atoms with Gasteiger partial charge in [-0.2, -0.15) is 0 Å². The van der Waals surface area contributed by atoms with Crippen molar-refractivity contribution in [3.05, 3.63) is 59.9 Å². The molecule has 1 aromatic carbocycles.